The fourth-order valence-corrected chi connectivity index (χ4v) is 4.57. The van der Waals surface area contributed by atoms with Gasteiger partial charge in [-0.25, -0.2) is 0 Å². The molecular formula is C16H23NOS. The van der Waals surface area contributed by atoms with Gasteiger partial charge in [0.1, 0.15) is 5.75 Å². The number of nitrogens with one attached hydrogen (secondary N) is 1. The van der Waals surface area contributed by atoms with Crippen LogP contribution in [0.2, 0.25) is 0 Å². The third-order valence-electron chi connectivity index (χ3n) is 4.08. The Balaban J connectivity index is 1.82. The topological polar surface area (TPSA) is 21.3 Å². The van der Waals surface area contributed by atoms with Crippen LogP contribution in [0.1, 0.15) is 43.4 Å². The van der Waals surface area contributed by atoms with Crippen LogP contribution in [0.3, 0.4) is 0 Å². The number of hydrogen-bond acceptors (Lipinski definition) is 3. The van der Waals surface area contributed by atoms with Gasteiger partial charge in [0, 0.05) is 17.7 Å². The minimum Gasteiger partial charge on any atom is -0.493 e. The summed E-state index contributed by atoms with van der Waals surface area (Å²) in [5, 5.41) is 4.43. The molecule has 3 heteroatoms. The Morgan fingerprint density at radius 3 is 3.16 bits per heavy atom. The second-order valence-corrected chi connectivity index (χ2v) is 6.75. The summed E-state index contributed by atoms with van der Waals surface area (Å²) in [4.78, 5) is 0. The fourth-order valence-electron chi connectivity index (χ4n) is 3.11. The maximum atomic E-state index is 5.61. The highest BCUT2D eigenvalue weighted by molar-refractivity contribution is 8.00. The van der Waals surface area contributed by atoms with Gasteiger partial charge in [-0.05, 0) is 42.3 Å². The third kappa shape index (κ3) is 2.92. The largest absolute Gasteiger partial charge is 0.493 e. The van der Waals surface area contributed by atoms with Crippen molar-refractivity contribution in [3.05, 3.63) is 29.3 Å². The van der Waals surface area contributed by atoms with E-state index in [1.807, 2.05) is 0 Å². The van der Waals surface area contributed by atoms with Gasteiger partial charge in [0.2, 0.25) is 0 Å². The first-order valence-corrected chi connectivity index (χ1v) is 8.54. The van der Waals surface area contributed by atoms with Crippen molar-refractivity contribution in [3.63, 3.8) is 0 Å². The second-order valence-electron chi connectivity index (χ2n) is 5.41. The van der Waals surface area contributed by atoms with E-state index in [9.17, 15) is 0 Å². The van der Waals surface area contributed by atoms with Crippen molar-refractivity contribution in [1.82, 2.24) is 5.32 Å². The van der Waals surface area contributed by atoms with Crippen molar-refractivity contribution >= 4 is 11.8 Å². The van der Waals surface area contributed by atoms with Crippen molar-refractivity contribution in [3.8, 4) is 5.75 Å². The molecule has 1 aromatic rings. The molecule has 104 valence electrons. The van der Waals surface area contributed by atoms with Crippen LogP contribution in [-0.2, 0) is 6.42 Å². The summed E-state index contributed by atoms with van der Waals surface area (Å²) < 4.78 is 5.61. The van der Waals surface area contributed by atoms with Gasteiger partial charge in [0.25, 0.3) is 0 Å². The highest BCUT2D eigenvalue weighted by Gasteiger charge is 2.26. The van der Waals surface area contributed by atoms with Crippen LogP contribution in [-0.4, -0.2) is 24.2 Å². The number of hydrogen-bond donors (Lipinski definition) is 1. The van der Waals surface area contributed by atoms with Gasteiger partial charge >= 0.3 is 0 Å². The predicted octanol–water partition coefficient (Wildman–Crippen LogP) is 3.56. The quantitative estimate of drug-likeness (QED) is 0.909. The zero-order valence-electron chi connectivity index (χ0n) is 11.7. The molecule has 1 aromatic carbocycles. The van der Waals surface area contributed by atoms with Crippen LogP contribution in [0.5, 0.6) is 5.75 Å². The van der Waals surface area contributed by atoms with E-state index >= 15 is 0 Å². The Kier molecular flexibility index (Phi) is 4.34. The van der Waals surface area contributed by atoms with E-state index in [1.165, 1.54) is 36.1 Å². The normalized spacial score (nSPS) is 23.7. The molecule has 19 heavy (non-hydrogen) atoms. The van der Waals surface area contributed by atoms with Gasteiger partial charge in [-0.3, -0.25) is 0 Å². The summed E-state index contributed by atoms with van der Waals surface area (Å²) in [6.07, 6.45) is 5.18. The van der Waals surface area contributed by atoms with E-state index in [1.54, 1.807) is 0 Å². The van der Waals surface area contributed by atoms with Crippen LogP contribution in [0.15, 0.2) is 18.2 Å². The summed E-state index contributed by atoms with van der Waals surface area (Å²) in [5.74, 6) is 2.41. The minimum absolute atomic E-state index is 0.501. The molecule has 2 aliphatic heterocycles. The van der Waals surface area contributed by atoms with Crippen molar-refractivity contribution in [2.24, 2.45) is 0 Å². The Hall–Kier alpha value is -0.670. The lowest BCUT2D eigenvalue weighted by atomic mass is 9.97. The molecule has 2 aliphatic rings. The molecule has 0 bridgehead atoms. The van der Waals surface area contributed by atoms with E-state index in [4.69, 9.17) is 4.74 Å². The number of benzene rings is 1. The second kappa shape index (κ2) is 6.19. The average Bonchev–Trinajstić information content (AvgIpc) is 2.93. The van der Waals surface area contributed by atoms with Crippen LogP contribution in [0, 0.1) is 0 Å². The Morgan fingerprint density at radius 1 is 1.42 bits per heavy atom. The lowest BCUT2D eigenvalue weighted by Gasteiger charge is -2.31. The van der Waals surface area contributed by atoms with Crippen LogP contribution < -0.4 is 10.1 Å². The minimum atomic E-state index is 0.501. The van der Waals surface area contributed by atoms with E-state index in [2.05, 4.69) is 42.2 Å². The highest BCUT2D eigenvalue weighted by Crippen LogP contribution is 2.36. The molecule has 1 saturated heterocycles. The predicted molar refractivity (Wildman–Crippen MR) is 82.2 cm³/mol. The molecule has 0 aromatic heterocycles. The Morgan fingerprint density at radius 2 is 2.37 bits per heavy atom. The Bertz CT molecular complexity index is 429. The Labute approximate surface area is 120 Å². The highest BCUT2D eigenvalue weighted by atomic mass is 32.2. The maximum Gasteiger partial charge on any atom is 0.122 e. The molecular weight excluding hydrogens is 254 g/mol. The number of ether oxygens (including phenoxy) is 1. The smallest absolute Gasteiger partial charge is 0.122 e. The van der Waals surface area contributed by atoms with Gasteiger partial charge in [-0.1, -0.05) is 25.5 Å². The molecule has 3 rings (SSSR count). The average molecular weight is 277 g/mol. The number of thioether (sulfide) groups is 1. The number of rotatable bonds is 4. The molecule has 1 fully saturated rings. The van der Waals surface area contributed by atoms with E-state index < -0.39 is 0 Å². The molecule has 2 nitrogen and oxygen atoms in total. The first-order chi connectivity index (χ1) is 9.38. The van der Waals surface area contributed by atoms with Gasteiger partial charge < -0.3 is 10.1 Å². The first kappa shape index (κ1) is 13.3. The van der Waals surface area contributed by atoms with Crippen LogP contribution in [0.4, 0.5) is 0 Å². The van der Waals surface area contributed by atoms with E-state index in [0.29, 0.717) is 6.04 Å². The van der Waals surface area contributed by atoms with Gasteiger partial charge in [0.05, 0.1) is 6.61 Å². The molecule has 0 spiro atoms. The van der Waals surface area contributed by atoms with Crippen LogP contribution >= 0.6 is 11.8 Å². The van der Waals surface area contributed by atoms with Gasteiger partial charge in [-0.2, -0.15) is 11.8 Å². The third-order valence-corrected chi connectivity index (χ3v) is 5.54. The molecule has 0 aliphatic carbocycles. The standard InChI is InChI=1S/C16H23NOS/c1-2-17-16(15-5-3-4-10-19-15)13-6-7-14-12(11-13)8-9-18-14/h6-7,11,15-17H,2-5,8-10H2,1H3. The van der Waals surface area contributed by atoms with Crippen molar-refractivity contribution in [2.75, 3.05) is 18.9 Å². The summed E-state index contributed by atoms with van der Waals surface area (Å²) in [6, 6.07) is 7.29. The zero-order valence-corrected chi connectivity index (χ0v) is 12.5. The zero-order chi connectivity index (χ0) is 13.1. The molecule has 1 N–H and O–H groups in total. The van der Waals surface area contributed by atoms with Crippen LogP contribution in [0.25, 0.3) is 0 Å². The molecule has 0 radical (unpaired) electrons. The van der Waals surface area contributed by atoms with E-state index in [0.717, 1.165) is 30.6 Å². The summed E-state index contributed by atoms with van der Waals surface area (Å²) >= 11 is 2.15. The van der Waals surface area contributed by atoms with Crippen molar-refractivity contribution in [1.29, 1.82) is 0 Å². The summed E-state index contributed by atoms with van der Waals surface area (Å²) in [5.41, 5.74) is 2.84. The SMILES string of the molecule is CCNC(c1ccc2c(c1)CCO2)C1CCCCS1. The first-order valence-electron chi connectivity index (χ1n) is 7.49. The summed E-state index contributed by atoms with van der Waals surface area (Å²) in [6.45, 7) is 4.09. The van der Waals surface area contributed by atoms with E-state index in [-0.39, 0.29) is 0 Å². The monoisotopic (exact) mass is 277 g/mol. The number of fused-ring (bicyclic) bond motifs is 1. The molecule has 0 amide bonds. The fraction of sp³-hybridized carbons (Fsp3) is 0.625. The molecule has 2 atom stereocenters. The molecule has 2 unspecified atom stereocenters. The lowest BCUT2D eigenvalue weighted by Crippen LogP contribution is -2.31. The molecule has 2 heterocycles. The van der Waals surface area contributed by atoms with Gasteiger partial charge in [-0.15, -0.1) is 0 Å². The van der Waals surface area contributed by atoms with Crippen molar-refractivity contribution < 1.29 is 4.74 Å². The maximum absolute atomic E-state index is 5.61. The van der Waals surface area contributed by atoms with Crippen molar-refractivity contribution in [2.45, 2.75) is 43.9 Å². The summed E-state index contributed by atoms with van der Waals surface area (Å²) in [7, 11) is 0. The van der Waals surface area contributed by atoms with Gasteiger partial charge in [0.15, 0.2) is 0 Å². The molecule has 0 saturated carbocycles. The lowest BCUT2D eigenvalue weighted by molar-refractivity contribution is 0.356.